The normalized spacial score (nSPS) is 14.0. The fraction of sp³-hybridized carbons (Fsp3) is 0.300. The number of amides is 3. The van der Waals surface area contributed by atoms with Crippen molar-refractivity contribution in [2.75, 3.05) is 5.32 Å². The number of carbonyl (C=O) groups is 2. The first kappa shape index (κ1) is 19.5. The summed E-state index contributed by atoms with van der Waals surface area (Å²) in [6.45, 7) is 0.281. The van der Waals surface area contributed by atoms with Crippen LogP contribution in [0.4, 0.5) is 10.5 Å². The van der Waals surface area contributed by atoms with Crippen LogP contribution >= 0.6 is 23.2 Å². The summed E-state index contributed by atoms with van der Waals surface area (Å²) in [7, 11) is 0. The van der Waals surface area contributed by atoms with Crippen LogP contribution in [0.3, 0.4) is 0 Å². The summed E-state index contributed by atoms with van der Waals surface area (Å²) in [5.41, 5.74) is 1.96. The van der Waals surface area contributed by atoms with Gasteiger partial charge in [0.25, 0.3) is 5.91 Å². The average molecular weight is 406 g/mol. The molecule has 2 aromatic rings. The second kappa shape index (κ2) is 9.11. The van der Waals surface area contributed by atoms with E-state index in [4.69, 9.17) is 23.2 Å². The summed E-state index contributed by atoms with van der Waals surface area (Å²) >= 11 is 11.9. The summed E-state index contributed by atoms with van der Waals surface area (Å²) in [6.07, 6.45) is 4.43. The highest BCUT2D eigenvalue weighted by Crippen LogP contribution is 2.21. The van der Waals surface area contributed by atoms with Crippen LogP contribution in [0.25, 0.3) is 0 Å². The third-order valence-electron chi connectivity index (χ3n) is 4.55. The molecule has 0 saturated heterocycles. The predicted molar refractivity (Wildman–Crippen MR) is 108 cm³/mol. The minimum atomic E-state index is -0.357. The number of hydrogen-bond donors (Lipinski definition) is 3. The fourth-order valence-corrected chi connectivity index (χ4v) is 3.53. The van der Waals surface area contributed by atoms with Gasteiger partial charge in [0.1, 0.15) is 0 Å². The van der Waals surface area contributed by atoms with Crippen molar-refractivity contribution >= 4 is 40.8 Å². The van der Waals surface area contributed by atoms with Crippen molar-refractivity contribution < 1.29 is 9.59 Å². The van der Waals surface area contributed by atoms with E-state index in [0.29, 0.717) is 21.3 Å². The van der Waals surface area contributed by atoms with Crippen molar-refractivity contribution in [2.45, 2.75) is 38.3 Å². The Bertz CT molecular complexity index is 818. The Kier molecular flexibility index (Phi) is 6.58. The molecule has 1 fully saturated rings. The molecular formula is C20H21Cl2N3O2. The van der Waals surface area contributed by atoms with Crippen LogP contribution in [0.5, 0.6) is 0 Å². The molecule has 0 aliphatic heterocycles. The lowest BCUT2D eigenvalue weighted by molar-refractivity contribution is 0.0938. The Morgan fingerprint density at radius 2 is 1.70 bits per heavy atom. The Morgan fingerprint density at radius 1 is 1.00 bits per heavy atom. The molecule has 27 heavy (non-hydrogen) atoms. The van der Waals surface area contributed by atoms with Gasteiger partial charge in [0.05, 0.1) is 0 Å². The number of nitrogens with one attached hydrogen (secondary N) is 3. The highest BCUT2D eigenvalue weighted by atomic mass is 35.5. The molecule has 3 rings (SSSR count). The van der Waals surface area contributed by atoms with Crippen molar-refractivity contribution in [3.63, 3.8) is 0 Å². The minimum absolute atomic E-state index is 0.0738. The van der Waals surface area contributed by atoms with Crippen LogP contribution in [-0.4, -0.2) is 18.0 Å². The largest absolute Gasteiger partial charge is 0.349 e. The quantitative estimate of drug-likeness (QED) is 0.655. The summed E-state index contributed by atoms with van der Waals surface area (Å²) in [4.78, 5) is 24.3. The maximum Gasteiger partial charge on any atom is 0.319 e. The monoisotopic (exact) mass is 405 g/mol. The molecule has 1 aliphatic carbocycles. The summed E-state index contributed by atoms with van der Waals surface area (Å²) in [5, 5.41) is 9.56. The molecule has 2 aromatic carbocycles. The topological polar surface area (TPSA) is 70.2 Å². The van der Waals surface area contributed by atoms with Crippen LogP contribution in [0.15, 0.2) is 42.5 Å². The number of carbonyl (C=O) groups excluding carboxylic acids is 2. The van der Waals surface area contributed by atoms with Gasteiger partial charge in [-0.2, -0.15) is 0 Å². The summed E-state index contributed by atoms with van der Waals surface area (Å²) in [6, 6.07) is 11.9. The minimum Gasteiger partial charge on any atom is -0.349 e. The first-order chi connectivity index (χ1) is 13.0. The maximum absolute atomic E-state index is 12.2. The molecule has 3 amide bonds. The molecule has 0 heterocycles. The molecule has 3 N–H and O–H groups in total. The van der Waals surface area contributed by atoms with Crippen molar-refractivity contribution in [2.24, 2.45) is 0 Å². The number of anilines is 1. The number of hydrogen-bond acceptors (Lipinski definition) is 2. The van der Waals surface area contributed by atoms with E-state index in [9.17, 15) is 9.59 Å². The van der Waals surface area contributed by atoms with Crippen LogP contribution < -0.4 is 16.0 Å². The Hall–Kier alpha value is -2.24. The first-order valence-corrected chi connectivity index (χ1v) is 9.66. The van der Waals surface area contributed by atoms with Gasteiger partial charge in [0.2, 0.25) is 0 Å². The number of urea groups is 1. The number of benzene rings is 2. The van der Waals surface area contributed by atoms with E-state index in [-0.39, 0.29) is 24.5 Å². The Morgan fingerprint density at radius 3 is 2.37 bits per heavy atom. The van der Waals surface area contributed by atoms with E-state index < -0.39 is 0 Å². The van der Waals surface area contributed by atoms with E-state index in [2.05, 4.69) is 16.0 Å². The van der Waals surface area contributed by atoms with E-state index in [1.165, 1.54) is 12.8 Å². The molecule has 142 valence electrons. The second-order valence-electron chi connectivity index (χ2n) is 6.58. The fourth-order valence-electron chi connectivity index (χ4n) is 3.06. The van der Waals surface area contributed by atoms with Crippen LogP contribution in [-0.2, 0) is 6.54 Å². The number of rotatable bonds is 5. The van der Waals surface area contributed by atoms with Gasteiger partial charge in [0, 0.05) is 33.9 Å². The van der Waals surface area contributed by atoms with E-state index in [1.54, 1.807) is 42.5 Å². The zero-order chi connectivity index (χ0) is 19.2. The third-order valence-corrected chi connectivity index (χ3v) is 5.14. The van der Waals surface area contributed by atoms with E-state index in [1.807, 2.05) is 0 Å². The molecule has 1 aliphatic rings. The summed E-state index contributed by atoms with van der Waals surface area (Å²) in [5.74, 6) is -0.0738. The molecule has 0 spiro atoms. The van der Waals surface area contributed by atoms with Crippen molar-refractivity contribution in [1.29, 1.82) is 0 Å². The highest BCUT2D eigenvalue weighted by Gasteiger charge is 2.17. The van der Waals surface area contributed by atoms with E-state index >= 15 is 0 Å². The Labute approximate surface area is 168 Å². The van der Waals surface area contributed by atoms with Crippen molar-refractivity contribution in [1.82, 2.24) is 10.6 Å². The molecule has 5 nitrogen and oxygen atoms in total. The zero-order valence-corrected chi connectivity index (χ0v) is 16.2. The van der Waals surface area contributed by atoms with Crippen molar-refractivity contribution in [3.8, 4) is 0 Å². The highest BCUT2D eigenvalue weighted by molar-refractivity contribution is 6.35. The van der Waals surface area contributed by atoms with Gasteiger partial charge in [-0.25, -0.2) is 4.79 Å². The molecule has 0 radical (unpaired) electrons. The summed E-state index contributed by atoms with van der Waals surface area (Å²) < 4.78 is 0. The van der Waals surface area contributed by atoms with Gasteiger partial charge < -0.3 is 16.0 Å². The molecule has 0 atom stereocenters. The predicted octanol–water partition coefficient (Wildman–Crippen LogP) is 4.99. The van der Waals surface area contributed by atoms with Crippen LogP contribution in [0, 0.1) is 0 Å². The molecule has 0 aromatic heterocycles. The van der Waals surface area contributed by atoms with Gasteiger partial charge in [-0.3, -0.25) is 4.79 Å². The second-order valence-corrected chi connectivity index (χ2v) is 7.42. The standard InChI is InChI=1S/C20H21Cl2N3O2/c21-15-8-5-14(18(22)11-15)12-23-20(27)25-17-9-6-13(7-10-17)19(26)24-16-3-1-2-4-16/h5-11,16H,1-4,12H2,(H,24,26)(H2,23,25,27). The molecule has 0 unspecified atom stereocenters. The maximum atomic E-state index is 12.2. The van der Waals surface area contributed by atoms with Crippen LogP contribution in [0.2, 0.25) is 10.0 Å². The molecule has 1 saturated carbocycles. The van der Waals surface area contributed by atoms with Gasteiger partial charge in [-0.15, -0.1) is 0 Å². The van der Waals surface area contributed by atoms with Gasteiger partial charge in [0.15, 0.2) is 0 Å². The molecular weight excluding hydrogens is 385 g/mol. The van der Waals surface area contributed by atoms with Gasteiger partial charge in [-0.05, 0) is 54.8 Å². The SMILES string of the molecule is O=C(NCc1ccc(Cl)cc1Cl)Nc1ccc(C(=O)NC2CCCC2)cc1. The van der Waals surface area contributed by atoms with Gasteiger partial charge in [-0.1, -0.05) is 42.1 Å². The lowest BCUT2D eigenvalue weighted by Gasteiger charge is -2.12. The van der Waals surface area contributed by atoms with Crippen LogP contribution in [0.1, 0.15) is 41.6 Å². The zero-order valence-electron chi connectivity index (χ0n) is 14.7. The third kappa shape index (κ3) is 5.62. The smallest absolute Gasteiger partial charge is 0.319 e. The lowest BCUT2D eigenvalue weighted by Crippen LogP contribution is -2.32. The molecule has 0 bridgehead atoms. The average Bonchev–Trinajstić information content (AvgIpc) is 3.14. The number of halogens is 2. The molecule has 7 heteroatoms. The first-order valence-electron chi connectivity index (χ1n) is 8.91. The van der Waals surface area contributed by atoms with Crippen molar-refractivity contribution in [3.05, 3.63) is 63.6 Å². The van der Waals surface area contributed by atoms with E-state index in [0.717, 1.165) is 18.4 Å². The van der Waals surface area contributed by atoms with Gasteiger partial charge >= 0.3 is 6.03 Å². The Balaban J connectivity index is 1.49. The lowest BCUT2D eigenvalue weighted by atomic mass is 10.1.